The predicted molar refractivity (Wildman–Crippen MR) is 98.2 cm³/mol. The topological polar surface area (TPSA) is 89.7 Å². The van der Waals surface area contributed by atoms with E-state index in [-0.39, 0.29) is 0 Å². The van der Waals surface area contributed by atoms with Crippen LogP contribution in [-0.4, -0.2) is 31.1 Å². The second-order valence-corrected chi connectivity index (χ2v) is 7.15. The highest BCUT2D eigenvalue weighted by Crippen LogP contribution is 2.25. The van der Waals surface area contributed by atoms with Gasteiger partial charge in [0, 0.05) is 40.0 Å². The smallest absolute Gasteiger partial charge is 0.322 e. The highest BCUT2D eigenvalue weighted by atomic mass is 32.2. The van der Waals surface area contributed by atoms with Gasteiger partial charge in [-0.3, -0.25) is 9.97 Å². The number of hydrogen-bond donors (Lipinski definition) is 2. The average molecular weight is 354 g/mol. The van der Waals surface area contributed by atoms with Crippen LogP contribution >= 0.6 is 0 Å². The van der Waals surface area contributed by atoms with Crippen LogP contribution in [0.3, 0.4) is 0 Å². The fraction of sp³-hybridized carbons (Fsp3) is 0.222. The van der Waals surface area contributed by atoms with Gasteiger partial charge in [-0.15, -0.1) is 0 Å². The Labute approximate surface area is 147 Å². The molecule has 4 rings (SSSR count). The summed E-state index contributed by atoms with van der Waals surface area (Å²) >= 11 is -1.31. The molecule has 1 unspecified atom stereocenters. The number of aromatic amines is 2. The fourth-order valence-electron chi connectivity index (χ4n) is 2.85. The molecule has 25 heavy (non-hydrogen) atoms. The average Bonchev–Trinajstić information content (AvgIpc) is 3.22. The van der Waals surface area contributed by atoms with E-state index in [4.69, 9.17) is 4.74 Å². The number of imidazole rings is 1. The monoisotopic (exact) mass is 354 g/mol. The van der Waals surface area contributed by atoms with Crippen LogP contribution in [0.25, 0.3) is 21.9 Å². The van der Waals surface area contributed by atoms with E-state index in [1.165, 1.54) is 0 Å². The number of ether oxygens (including phenoxy) is 1. The predicted octanol–water partition coefficient (Wildman–Crippen LogP) is 3.45. The van der Waals surface area contributed by atoms with Gasteiger partial charge in [0.2, 0.25) is 0 Å². The molecule has 0 aliphatic carbocycles. The third kappa shape index (κ3) is 2.96. The molecule has 4 aromatic rings. The number of fused-ring (bicyclic) bond motifs is 2. The zero-order valence-corrected chi connectivity index (χ0v) is 14.8. The lowest BCUT2D eigenvalue weighted by Crippen LogP contribution is -2.10. The molecule has 0 radical (unpaired) electrons. The second-order valence-electron chi connectivity index (χ2n) is 5.78. The largest absolute Gasteiger partial charge is 0.609 e. The Morgan fingerprint density at radius 1 is 1.24 bits per heavy atom. The molecule has 0 bridgehead atoms. The van der Waals surface area contributed by atoms with Gasteiger partial charge >= 0.3 is 5.16 Å². The highest BCUT2D eigenvalue weighted by Gasteiger charge is 2.20. The minimum absolute atomic E-state index is 0.296. The van der Waals surface area contributed by atoms with E-state index in [9.17, 15) is 4.55 Å². The van der Waals surface area contributed by atoms with Crippen molar-refractivity contribution in [3.63, 3.8) is 0 Å². The van der Waals surface area contributed by atoms with E-state index in [0.29, 0.717) is 17.5 Å². The number of hydrogen-bond acceptors (Lipinski definition) is 4. The molecule has 0 spiro atoms. The van der Waals surface area contributed by atoms with E-state index >= 15 is 0 Å². The van der Waals surface area contributed by atoms with Crippen molar-refractivity contribution in [2.75, 3.05) is 6.61 Å². The number of nitrogens with zero attached hydrogens (tertiary/aromatic N) is 2. The molecule has 3 aromatic heterocycles. The number of H-pyrrole nitrogens is 2. The first-order valence-electron chi connectivity index (χ1n) is 8.08. The molecular formula is C18H18N4O2S. The second kappa shape index (κ2) is 6.42. The number of benzene rings is 1. The molecule has 1 aromatic carbocycles. The zero-order valence-electron chi connectivity index (χ0n) is 14.0. The van der Waals surface area contributed by atoms with Gasteiger partial charge in [-0.1, -0.05) is 0 Å². The number of rotatable bonds is 5. The Balaban J connectivity index is 1.63. The standard InChI is InChI=1S/C18H18N4O2S/c1-3-24-17-5-7-20-16(11(17)2)10-25(23)18-21-14-8-12-4-6-19-13(12)9-15(14)22-18/h4-9,19H,3,10H2,1-2H3,(H,21,22). The molecule has 0 saturated heterocycles. The molecule has 0 fully saturated rings. The highest BCUT2D eigenvalue weighted by molar-refractivity contribution is 7.90. The van der Waals surface area contributed by atoms with E-state index < -0.39 is 11.2 Å². The van der Waals surface area contributed by atoms with Crippen LogP contribution < -0.4 is 4.74 Å². The number of aromatic nitrogens is 4. The Kier molecular flexibility index (Phi) is 4.10. The lowest BCUT2D eigenvalue weighted by Gasteiger charge is -2.11. The SMILES string of the molecule is CCOc1ccnc(C[S+]([O-])c2nc3cc4cc[nH]c4cc3[nH]2)c1C. The first-order valence-corrected chi connectivity index (χ1v) is 9.40. The Morgan fingerprint density at radius 3 is 2.96 bits per heavy atom. The molecule has 0 saturated carbocycles. The molecule has 1 atom stereocenters. The minimum Gasteiger partial charge on any atom is -0.609 e. The van der Waals surface area contributed by atoms with Crippen LogP contribution in [0.2, 0.25) is 0 Å². The van der Waals surface area contributed by atoms with Crippen molar-refractivity contribution in [3.8, 4) is 5.75 Å². The van der Waals surface area contributed by atoms with E-state index in [2.05, 4.69) is 19.9 Å². The van der Waals surface area contributed by atoms with Crippen LogP contribution in [0.5, 0.6) is 5.75 Å². The van der Waals surface area contributed by atoms with Gasteiger partial charge in [-0.25, -0.2) is 0 Å². The first-order chi connectivity index (χ1) is 12.2. The lowest BCUT2D eigenvalue weighted by molar-refractivity contribution is 0.337. The summed E-state index contributed by atoms with van der Waals surface area (Å²) in [4.78, 5) is 15.2. The number of pyridine rings is 1. The van der Waals surface area contributed by atoms with Gasteiger partial charge in [0.25, 0.3) is 0 Å². The Hall–Kier alpha value is -2.51. The summed E-state index contributed by atoms with van der Waals surface area (Å²) in [6, 6.07) is 7.79. The molecule has 0 aliphatic heterocycles. The first kappa shape index (κ1) is 16.0. The molecule has 0 amide bonds. The van der Waals surface area contributed by atoms with Crippen LogP contribution in [-0.2, 0) is 16.9 Å². The van der Waals surface area contributed by atoms with Crippen LogP contribution in [0.1, 0.15) is 18.2 Å². The fourth-order valence-corrected chi connectivity index (χ4v) is 3.95. The van der Waals surface area contributed by atoms with E-state index in [1.54, 1.807) is 6.20 Å². The van der Waals surface area contributed by atoms with Crippen molar-refractivity contribution in [1.29, 1.82) is 0 Å². The normalized spacial score (nSPS) is 12.8. The van der Waals surface area contributed by atoms with Crippen LogP contribution in [0, 0.1) is 6.92 Å². The van der Waals surface area contributed by atoms with Crippen molar-refractivity contribution >= 4 is 33.1 Å². The van der Waals surface area contributed by atoms with E-state index in [1.807, 2.05) is 44.3 Å². The summed E-state index contributed by atoms with van der Waals surface area (Å²) in [6.45, 7) is 4.46. The maximum atomic E-state index is 12.8. The van der Waals surface area contributed by atoms with Crippen molar-refractivity contribution in [2.24, 2.45) is 0 Å². The molecular weight excluding hydrogens is 336 g/mol. The summed E-state index contributed by atoms with van der Waals surface area (Å²) in [5.74, 6) is 1.08. The van der Waals surface area contributed by atoms with Crippen LogP contribution in [0.15, 0.2) is 41.8 Å². The molecule has 128 valence electrons. The summed E-state index contributed by atoms with van der Waals surface area (Å²) in [5.41, 5.74) is 4.38. The van der Waals surface area contributed by atoms with Gasteiger partial charge in [0.15, 0.2) is 5.75 Å². The maximum Gasteiger partial charge on any atom is 0.322 e. The quantitative estimate of drug-likeness (QED) is 0.537. The van der Waals surface area contributed by atoms with Crippen molar-refractivity contribution in [1.82, 2.24) is 19.9 Å². The zero-order chi connectivity index (χ0) is 17.4. The van der Waals surface area contributed by atoms with Gasteiger partial charge in [-0.05, 0) is 38.1 Å². The maximum absolute atomic E-state index is 12.8. The Bertz CT molecular complexity index is 992. The van der Waals surface area contributed by atoms with Crippen molar-refractivity contribution in [3.05, 3.63) is 47.9 Å². The summed E-state index contributed by atoms with van der Waals surface area (Å²) in [6.07, 6.45) is 3.58. The van der Waals surface area contributed by atoms with E-state index in [0.717, 1.165) is 38.9 Å². The van der Waals surface area contributed by atoms with Gasteiger partial charge < -0.3 is 14.3 Å². The molecule has 6 nitrogen and oxygen atoms in total. The summed E-state index contributed by atoms with van der Waals surface area (Å²) in [5, 5.41) is 1.55. The van der Waals surface area contributed by atoms with Gasteiger partial charge in [-0.2, -0.15) is 4.98 Å². The molecule has 7 heteroatoms. The molecule has 2 N–H and O–H groups in total. The third-order valence-electron chi connectivity index (χ3n) is 4.18. The van der Waals surface area contributed by atoms with Crippen molar-refractivity contribution < 1.29 is 9.29 Å². The minimum atomic E-state index is -1.31. The summed E-state index contributed by atoms with van der Waals surface area (Å²) < 4.78 is 18.3. The molecule has 3 heterocycles. The molecule has 0 aliphatic rings. The number of nitrogens with one attached hydrogen (secondary N) is 2. The third-order valence-corrected chi connectivity index (χ3v) is 5.34. The van der Waals surface area contributed by atoms with Gasteiger partial charge in [0.05, 0.1) is 23.3 Å². The summed E-state index contributed by atoms with van der Waals surface area (Å²) in [7, 11) is 0. The lowest BCUT2D eigenvalue weighted by atomic mass is 10.2. The Morgan fingerprint density at radius 2 is 2.12 bits per heavy atom. The van der Waals surface area contributed by atoms with Gasteiger partial charge in [0.1, 0.15) is 5.75 Å². The van der Waals surface area contributed by atoms with Crippen molar-refractivity contribution in [2.45, 2.75) is 24.8 Å². The van der Waals surface area contributed by atoms with Crippen LogP contribution in [0.4, 0.5) is 0 Å².